The quantitative estimate of drug-likeness (QED) is 0.889. The van der Waals surface area contributed by atoms with Crippen molar-refractivity contribution in [3.05, 3.63) is 16.4 Å². The molecule has 1 aromatic heterocycles. The van der Waals surface area contributed by atoms with E-state index in [0.717, 1.165) is 35.9 Å². The minimum Gasteiger partial charge on any atom is -0.313 e. The number of aryl methyl sites for hydroxylation is 2. The van der Waals surface area contributed by atoms with Crippen LogP contribution in [0.3, 0.4) is 0 Å². The molecule has 0 aliphatic rings. The van der Waals surface area contributed by atoms with Crippen LogP contribution in [0.1, 0.15) is 46.0 Å². The van der Waals surface area contributed by atoms with Crippen LogP contribution in [0, 0.1) is 12.3 Å². The molecule has 1 N–H and O–H groups in total. The van der Waals surface area contributed by atoms with Crippen LogP contribution in [-0.4, -0.2) is 22.4 Å². The largest absolute Gasteiger partial charge is 0.313 e. The molecule has 0 saturated carbocycles. The van der Waals surface area contributed by atoms with E-state index in [0.29, 0.717) is 6.04 Å². The first kappa shape index (κ1) is 15.5. The Balaban J connectivity index is 3.00. The SMILES string of the molecule is CCNC(Cc1c(Cl)c(C)nn1CC)C(C)(C)C. The van der Waals surface area contributed by atoms with Gasteiger partial charge in [0.05, 0.1) is 16.4 Å². The zero-order valence-electron chi connectivity index (χ0n) is 12.5. The van der Waals surface area contributed by atoms with Gasteiger partial charge in [-0.05, 0) is 25.8 Å². The predicted molar refractivity (Wildman–Crippen MR) is 78.3 cm³/mol. The third-order valence-corrected chi connectivity index (χ3v) is 3.84. The Labute approximate surface area is 116 Å². The lowest BCUT2D eigenvalue weighted by molar-refractivity contribution is 0.266. The minimum atomic E-state index is 0.204. The molecular formula is C14H26ClN3. The summed E-state index contributed by atoms with van der Waals surface area (Å²) in [5.74, 6) is 0. The molecule has 0 aliphatic heterocycles. The van der Waals surface area contributed by atoms with Crippen LogP contribution < -0.4 is 5.32 Å². The van der Waals surface area contributed by atoms with Gasteiger partial charge in [-0.2, -0.15) is 5.10 Å². The monoisotopic (exact) mass is 271 g/mol. The van der Waals surface area contributed by atoms with Gasteiger partial charge in [-0.25, -0.2) is 0 Å². The second-order valence-electron chi connectivity index (χ2n) is 5.84. The van der Waals surface area contributed by atoms with Gasteiger partial charge in [0.2, 0.25) is 0 Å². The number of hydrogen-bond donors (Lipinski definition) is 1. The molecule has 0 spiro atoms. The van der Waals surface area contributed by atoms with E-state index in [1.54, 1.807) is 0 Å². The van der Waals surface area contributed by atoms with Crippen molar-refractivity contribution in [1.82, 2.24) is 15.1 Å². The summed E-state index contributed by atoms with van der Waals surface area (Å²) < 4.78 is 2.02. The van der Waals surface area contributed by atoms with Crippen LogP contribution in [0.2, 0.25) is 5.02 Å². The van der Waals surface area contributed by atoms with E-state index in [4.69, 9.17) is 11.6 Å². The van der Waals surface area contributed by atoms with Gasteiger partial charge < -0.3 is 5.32 Å². The summed E-state index contributed by atoms with van der Waals surface area (Å²) in [7, 11) is 0. The van der Waals surface area contributed by atoms with E-state index in [1.165, 1.54) is 0 Å². The zero-order valence-corrected chi connectivity index (χ0v) is 13.2. The molecule has 0 radical (unpaired) electrons. The van der Waals surface area contributed by atoms with Crippen molar-refractivity contribution in [3.63, 3.8) is 0 Å². The van der Waals surface area contributed by atoms with Gasteiger partial charge in [-0.15, -0.1) is 0 Å². The van der Waals surface area contributed by atoms with Crippen molar-refractivity contribution in [1.29, 1.82) is 0 Å². The molecule has 0 saturated heterocycles. The number of nitrogens with zero attached hydrogens (tertiary/aromatic N) is 2. The average Bonchev–Trinajstić information content (AvgIpc) is 2.54. The molecular weight excluding hydrogens is 246 g/mol. The van der Waals surface area contributed by atoms with Gasteiger partial charge in [-0.1, -0.05) is 39.3 Å². The van der Waals surface area contributed by atoms with Gasteiger partial charge >= 0.3 is 0 Å². The fraction of sp³-hybridized carbons (Fsp3) is 0.786. The molecule has 1 aromatic rings. The number of aromatic nitrogens is 2. The molecule has 3 nitrogen and oxygen atoms in total. The Kier molecular flexibility index (Phi) is 5.23. The number of hydrogen-bond acceptors (Lipinski definition) is 2. The van der Waals surface area contributed by atoms with Gasteiger partial charge in [-0.3, -0.25) is 4.68 Å². The third-order valence-electron chi connectivity index (χ3n) is 3.35. The lowest BCUT2D eigenvalue weighted by Crippen LogP contribution is -2.42. The van der Waals surface area contributed by atoms with Gasteiger partial charge in [0, 0.05) is 19.0 Å². The first-order valence-corrected chi connectivity index (χ1v) is 7.14. The maximum atomic E-state index is 6.38. The summed E-state index contributed by atoms with van der Waals surface area (Å²) in [6.45, 7) is 14.8. The van der Waals surface area contributed by atoms with E-state index in [1.807, 2.05) is 11.6 Å². The maximum absolute atomic E-state index is 6.38. The first-order chi connectivity index (χ1) is 8.31. The third kappa shape index (κ3) is 3.48. The standard InChI is InChI=1S/C14H26ClN3/c1-7-16-12(14(4,5)6)9-11-13(15)10(3)17-18(11)8-2/h12,16H,7-9H2,1-6H3. The van der Waals surface area contributed by atoms with E-state index in [2.05, 4.69) is 45.0 Å². The molecule has 0 aromatic carbocycles. The summed E-state index contributed by atoms with van der Waals surface area (Å²) in [6.07, 6.45) is 0.921. The summed E-state index contributed by atoms with van der Waals surface area (Å²) in [4.78, 5) is 0. The Morgan fingerprint density at radius 2 is 1.94 bits per heavy atom. The molecule has 0 bridgehead atoms. The van der Waals surface area contributed by atoms with Crippen molar-refractivity contribution < 1.29 is 0 Å². The van der Waals surface area contributed by atoms with Gasteiger partial charge in [0.15, 0.2) is 0 Å². The number of likely N-dealkylation sites (N-methyl/N-ethyl adjacent to an activating group) is 1. The highest BCUT2D eigenvalue weighted by Gasteiger charge is 2.26. The van der Waals surface area contributed by atoms with E-state index < -0.39 is 0 Å². The highest BCUT2D eigenvalue weighted by Crippen LogP contribution is 2.27. The van der Waals surface area contributed by atoms with Crippen molar-refractivity contribution in [2.75, 3.05) is 6.54 Å². The Hall–Kier alpha value is -0.540. The molecule has 18 heavy (non-hydrogen) atoms. The lowest BCUT2D eigenvalue weighted by Gasteiger charge is -2.31. The molecule has 0 amide bonds. The number of nitrogens with one attached hydrogen (secondary N) is 1. The van der Waals surface area contributed by atoms with Crippen molar-refractivity contribution in [2.45, 2.75) is 60.5 Å². The normalized spacial score (nSPS) is 13.9. The lowest BCUT2D eigenvalue weighted by atomic mass is 9.84. The van der Waals surface area contributed by atoms with Crippen LogP contribution >= 0.6 is 11.6 Å². The summed E-state index contributed by atoms with van der Waals surface area (Å²) in [5, 5.41) is 8.86. The highest BCUT2D eigenvalue weighted by molar-refractivity contribution is 6.31. The summed E-state index contributed by atoms with van der Waals surface area (Å²) >= 11 is 6.38. The zero-order chi connectivity index (χ0) is 13.9. The van der Waals surface area contributed by atoms with Gasteiger partial charge in [0.25, 0.3) is 0 Å². The molecule has 1 atom stereocenters. The fourth-order valence-corrected chi connectivity index (χ4v) is 2.40. The second kappa shape index (κ2) is 6.07. The second-order valence-corrected chi connectivity index (χ2v) is 6.22. The molecule has 0 fully saturated rings. The minimum absolute atomic E-state index is 0.204. The van der Waals surface area contributed by atoms with Crippen LogP contribution in [0.25, 0.3) is 0 Å². The predicted octanol–water partition coefficient (Wildman–Crippen LogP) is 3.43. The topological polar surface area (TPSA) is 29.9 Å². The Bertz CT molecular complexity index is 390. The molecule has 104 valence electrons. The molecule has 1 rings (SSSR count). The van der Waals surface area contributed by atoms with Crippen LogP contribution in [-0.2, 0) is 13.0 Å². The van der Waals surface area contributed by atoms with Crippen molar-refractivity contribution >= 4 is 11.6 Å². The Morgan fingerprint density at radius 3 is 2.39 bits per heavy atom. The van der Waals surface area contributed by atoms with Crippen LogP contribution in [0.4, 0.5) is 0 Å². The van der Waals surface area contributed by atoms with Gasteiger partial charge in [0.1, 0.15) is 0 Å². The van der Waals surface area contributed by atoms with Crippen molar-refractivity contribution in [3.8, 4) is 0 Å². The smallest absolute Gasteiger partial charge is 0.0847 e. The maximum Gasteiger partial charge on any atom is 0.0847 e. The van der Waals surface area contributed by atoms with Crippen molar-refractivity contribution in [2.24, 2.45) is 5.41 Å². The number of halogens is 1. The van der Waals surface area contributed by atoms with E-state index in [9.17, 15) is 0 Å². The van der Waals surface area contributed by atoms with Crippen LogP contribution in [0.15, 0.2) is 0 Å². The molecule has 4 heteroatoms. The molecule has 1 heterocycles. The van der Waals surface area contributed by atoms with E-state index >= 15 is 0 Å². The van der Waals surface area contributed by atoms with E-state index in [-0.39, 0.29) is 5.41 Å². The fourth-order valence-electron chi connectivity index (χ4n) is 2.19. The first-order valence-electron chi connectivity index (χ1n) is 6.76. The highest BCUT2D eigenvalue weighted by atomic mass is 35.5. The summed E-state index contributed by atoms with van der Waals surface area (Å²) in [5.41, 5.74) is 2.28. The number of rotatable bonds is 5. The molecule has 1 unspecified atom stereocenters. The molecule has 0 aliphatic carbocycles. The van der Waals surface area contributed by atoms with Crippen LogP contribution in [0.5, 0.6) is 0 Å². The average molecular weight is 272 g/mol. The Morgan fingerprint density at radius 1 is 1.33 bits per heavy atom. The summed E-state index contributed by atoms with van der Waals surface area (Å²) in [6, 6.07) is 0.404.